The van der Waals surface area contributed by atoms with Crippen molar-refractivity contribution in [3.8, 4) is 11.5 Å². The molecule has 124 valence electrons. The zero-order valence-electron chi connectivity index (χ0n) is 12.7. The van der Waals surface area contributed by atoms with E-state index in [-0.39, 0.29) is 14.9 Å². The van der Waals surface area contributed by atoms with Crippen LogP contribution >= 0.6 is 23.2 Å². The lowest BCUT2D eigenvalue weighted by Crippen LogP contribution is -2.27. The van der Waals surface area contributed by atoms with Crippen molar-refractivity contribution in [3.63, 3.8) is 0 Å². The molecule has 0 fully saturated rings. The van der Waals surface area contributed by atoms with Crippen LogP contribution < -0.4 is 13.8 Å². The molecule has 0 atom stereocenters. The highest BCUT2D eigenvalue weighted by Crippen LogP contribution is 2.36. The summed E-state index contributed by atoms with van der Waals surface area (Å²) in [6, 6.07) is 9.13. The maximum atomic E-state index is 12.9. The molecule has 0 aliphatic rings. The van der Waals surface area contributed by atoms with E-state index in [0.717, 1.165) is 4.31 Å². The molecular weight excluding hydrogens is 361 g/mol. The first-order valence-electron chi connectivity index (χ1n) is 6.47. The summed E-state index contributed by atoms with van der Waals surface area (Å²) in [6.07, 6.45) is 0. The summed E-state index contributed by atoms with van der Waals surface area (Å²) in [6.45, 7) is 0. The van der Waals surface area contributed by atoms with E-state index in [4.69, 9.17) is 32.7 Å². The zero-order valence-corrected chi connectivity index (χ0v) is 15.0. The first kappa shape index (κ1) is 17.7. The molecule has 0 saturated carbocycles. The van der Waals surface area contributed by atoms with Gasteiger partial charge in [0.1, 0.15) is 16.4 Å². The van der Waals surface area contributed by atoms with Gasteiger partial charge in [-0.1, -0.05) is 23.2 Å². The van der Waals surface area contributed by atoms with Gasteiger partial charge in [-0.2, -0.15) is 0 Å². The first-order valence-corrected chi connectivity index (χ1v) is 8.67. The van der Waals surface area contributed by atoms with Crippen LogP contribution in [-0.4, -0.2) is 29.7 Å². The number of anilines is 1. The van der Waals surface area contributed by atoms with Crippen LogP contribution in [0, 0.1) is 0 Å². The van der Waals surface area contributed by atoms with Crippen molar-refractivity contribution in [1.82, 2.24) is 0 Å². The second kappa shape index (κ2) is 6.86. The summed E-state index contributed by atoms with van der Waals surface area (Å²) in [5.41, 5.74) is 0.322. The standard InChI is InChI=1S/C15H15Cl2NO4S/c1-18(13-9-11(21-2)5-7-14(13)22-3)23(19,20)15-8-10(16)4-6-12(15)17/h4-9H,1-3H3. The minimum Gasteiger partial charge on any atom is -0.497 e. The Bertz CT molecular complexity index is 824. The van der Waals surface area contributed by atoms with Crippen LogP contribution in [0.4, 0.5) is 5.69 Å². The number of hydrogen-bond donors (Lipinski definition) is 0. The van der Waals surface area contributed by atoms with Gasteiger partial charge in [-0.15, -0.1) is 0 Å². The molecule has 0 N–H and O–H groups in total. The maximum absolute atomic E-state index is 12.9. The average Bonchev–Trinajstić information content (AvgIpc) is 2.55. The Morgan fingerprint density at radius 2 is 1.70 bits per heavy atom. The molecule has 0 amide bonds. The molecule has 0 spiro atoms. The Balaban J connectivity index is 2.58. The lowest BCUT2D eigenvalue weighted by Gasteiger charge is -2.22. The fourth-order valence-electron chi connectivity index (χ4n) is 1.99. The van der Waals surface area contributed by atoms with Crippen LogP contribution in [0.2, 0.25) is 10.0 Å². The average molecular weight is 376 g/mol. The summed E-state index contributed by atoms with van der Waals surface area (Å²) in [4.78, 5) is -0.0842. The van der Waals surface area contributed by atoms with Gasteiger partial charge in [-0.05, 0) is 30.3 Å². The third-order valence-corrected chi connectivity index (χ3v) is 5.75. The smallest absolute Gasteiger partial charge is 0.265 e. The van der Waals surface area contributed by atoms with Crippen LogP contribution in [0.1, 0.15) is 0 Å². The van der Waals surface area contributed by atoms with Gasteiger partial charge in [0.15, 0.2) is 0 Å². The normalized spacial score (nSPS) is 11.2. The lowest BCUT2D eigenvalue weighted by atomic mass is 10.3. The fraction of sp³-hybridized carbons (Fsp3) is 0.200. The van der Waals surface area contributed by atoms with Crippen molar-refractivity contribution in [3.05, 3.63) is 46.4 Å². The van der Waals surface area contributed by atoms with E-state index in [1.807, 2.05) is 0 Å². The predicted molar refractivity (Wildman–Crippen MR) is 91.6 cm³/mol. The predicted octanol–water partition coefficient (Wildman–Crippen LogP) is 3.84. The van der Waals surface area contributed by atoms with Crippen molar-refractivity contribution < 1.29 is 17.9 Å². The molecule has 2 aromatic rings. The van der Waals surface area contributed by atoms with Crippen LogP contribution in [0.3, 0.4) is 0 Å². The molecule has 0 bridgehead atoms. The molecule has 0 aliphatic carbocycles. The van der Waals surface area contributed by atoms with E-state index < -0.39 is 10.0 Å². The summed E-state index contributed by atoms with van der Waals surface area (Å²) in [7, 11) is 0.436. The van der Waals surface area contributed by atoms with Crippen molar-refractivity contribution in [2.45, 2.75) is 4.90 Å². The van der Waals surface area contributed by atoms with Crippen molar-refractivity contribution in [1.29, 1.82) is 0 Å². The van der Waals surface area contributed by atoms with Crippen molar-refractivity contribution in [2.24, 2.45) is 0 Å². The van der Waals surface area contributed by atoms with Gasteiger partial charge in [-0.3, -0.25) is 4.31 Å². The molecule has 0 heterocycles. The molecule has 0 saturated heterocycles. The van der Waals surface area contributed by atoms with Crippen LogP contribution in [0.25, 0.3) is 0 Å². The van der Waals surface area contributed by atoms with Gasteiger partial charge in [0.2, 0.25) is 0 Å². The minimum absolute atomic E-state index is 0.0842. The van der Waals surface area contributed by atoms with Crippen molar-refractivity contribution >= 4 is 38.9 Å². The van der Waals surface area contributed by atoms with Crippen LogP contribution in [0.5, 0.6) is 11.5 Å². The Morgan fingerprint density at radius 1 is 1.00 bits per heavy atom. The monoisotopic (exact) mass is 375 g/mol. The molecule has 2 rings (SSSR count). The van der Waals surface area contributed by atoms with E-state index >= 15 is 0 Å². The molecule has 0 radical (unpaired) electrons. The van der Waals surface area contributed by atoms with E-state index in [1.54, 1.807) is 18.2 Å². The number of sulfonamides is 1. The highest BCUT2D eigenvalue weighted by atomic mass is 35.5. The molecule has 8 heteroatoms. The summed E-state index contributed by atoms with van der Waals surface area (Å²) >= 11 is 11.9. The van der Waals surface area contributed by atoms with E-state index in [1.165, 1.54) is 39.5 Å². The molecule has 2 aromatic carbocycles. The van der Waals surface area contributed by atoms with Crippen molar-refractivity contribution in [2.75, 3.05) is 25.6 Å². The van der Waals surface area contributed by atoms with E-state index in [0.29, 0.717) is 17.2 Å². The minimum atomic E-state index is -3.92. The van der Waals surface area contributed by atoms with Gasteiger partial charge in [0.05, 0.1) is 24.9 Å². The molecular formula is C15H15Cl2NO4S. The Labute approximate surface area is 145 Å². The highest BCUT2D eigenvalue weighted by Gasteiger charge is 2.27. The number of hydrogen-bond acceptors (Lipinski definition) is 4. The largest absolute Gasteiger partial charge is 0.497 e. The number of rotatable bonds is 5. The molecule has 23 heavy (non-hydrogen) atoms. The second-order valence-corrected chi connectivity index (χ2v) is 7.37. The van der Waals surface area contributed by atoms with Gasteiger partial charge < -0.3 is 9.47 Å². The van der Waals surface area contributed by atoms with Gasteiger partial charge in [0, 0.05) is 18.1 Å². The van der Waals surface area contributed by atoms with Gasteiger partial charge in [0.25, 0.3) is 10.0 Å². The molecule has 5 nitrogen and oxygen atoms in total. The molecule has 0 unspecified atom stereocenters. The maximum Gasteiger partial charge on any atom is 0.265 e. The Kier molecular flexibility index (Phi) is 5.29. The third-order valence-electron chi connectivity index (χ3n) is 3.26. The molecule has 0 aliphatic heterocycles. The highest BCUT2D eigenvalue weighted by molar-refractivity contribution is 7.93. The molecule has 0 aromatic heterocycles. The lowest BCUT2D eigenvalue weighted by molar-refractivity contribution is 0.404. The van der Waals surface area contributed by atoms with Crippen LogP contribution in [0.15, 0.2) is 41.3 Å². The van der Waals surface area contributed by atoms with Gasteiger partial charge >= 0.3 is 0 Å². The number of benzene rings is 2. The SMILES string of the molecule is COc1ccc(OC)c(N(C)S(=O)(=O)c2cc(Cl)ccc2Cl)c1. The first-order chi connectivity index (χ1) is 10.8. The summed E-state index contributed by atoms with van der Waals surface area (Å²) < 4.78 is 37.2. The topological polar surface area (TPSA) is 55.8 Å². The van der Waals surface area contributed by atoms with E-state index in [9.17, 15) is 8.42 Å². The Morgan fingerprint density at radius 3 is 2.30 bits per heavy atom. The zero-order chi connectivity index (χ0) is 17.2. The van der Waals surface area contributed by atoms with E-state index in [2.05, 4.69) is 0 Å². The number of ether oxygens (including phenoxy) is 2. The second-order valence-electron chi connectivity index (χ2n) is 4.59. The van der Waals surface area contributed by atoms with Crippen LogP contribution in [-0.2, 0) is 10.0 Å². The number of halogens is 2. The summed E-state index contributed by atoms with van der Waals surface area (Å²) in [5, 5.41) is 0.363. The quantitative estimate of drug-likeness (QED) is 0.796. The summed E-state index contributed by atoms with van der Waals surface area (Å²) in [5.74, 6) is 0.884. The Hall–Kier alpha value is -1.63. The third kappa shape index (κ3) is 3.49. The number of nitrogens with zero attached hydrogens (tertiary/aromatic N) is 1. The van der Waals surface area contributed by atoms with Gasteiger partial charge in [-0.25, -0.2) is 8.42 Å². The fourth-order valence-corrected chi connectivity index (χ4v) is 3.93. The number of methoxy groups -OCH3 is 2.